The van der Waals surface area contributed by atoms with Crippen molar-refractivity contribution in [1.82, 2.24) is 5.32 Å². The molecule has 10 heteroatoms. The second-order valence-corrected chi connectivity index (χ2v) is 6.39. The first kappa shape index (κ1) is 20.1. The minimum atomic E-state index is -0.811. The molecular formula is C16H18ClN3O5S. The Hall–Kier alpha value is -2.26. The van der Waals surface area contributed by atoms with E-state index in [4.69, 9.17) is 25.8 Å². The van der Waals surface area contributed by atoms with Gasteiger partial charge in [0, 0.05) is 11.6 Å². The number of carbonyl (C=O) groups excluding carboxylic acids is 2. The molecule has 1 unspecified atom stereocenters. The van der Waals surface area contributed by atoms with Crippen LogP contribution in [0.3, 0.4) is 0 Å². The molecule has 1 saturated heterocycles. The van der Waals surface area contributed by atoms with E-state index in [0.29, 0.717) is 33.0 Å². The van der Waals surface area contributed by atoms with Gasteiger partial charge in [0.2, 0.25) is 5.91 Å². The molecule has 0 saturated carbocycles. The number of halogens is 1. The Morgan fingerprint density at radius 3 is 2.85 bits per heavy atom. The Balaban J connectivity index is 2.15. The van der Waals surface area contributed by atoms with E-state index in [9.17, 15) is 9.59 Å². The summed E-state index contributed by atoms with van der Waals surface area (Å²) < 4.78 is 15.8. The monoisotopic (exact) mass is 399 g/mol. The molecule has 8 nitrogen and oxygen atoms in total. The average molecular weight is 400 g/mol. The number of ether oxygens (including phenoxy) is 3. The van der Waals surface area contributed by atoms with E-state index in [2.05, 4.69) is 15.5 Å². The van der Waals surface area contributed by atoms with Crippen molar-refractivity contribution in [1.29, 1.82) is 0 Å². The molecule has 0 aromatic heterocycles. The predicted octanol–water partition coefficient (Wildman–Crippen LogP) is 2.23. The average Bonchev–Trinajstić information content (AvgIpc) is 3.02. The third-order valence-corrected chi connectivity index (χ3v) is 4.33. The molecule has 0 aliphatic carbocycles. The fourth-order valence-electron chi connectivity index (χ4n) is 1.92. The van der Waals surface area contributed by atoms with Gasteiger partial charge in [-0.15, -0.1) is 5.10 Å². The summed E-state index contributed by atoms with van der Waals surface area (Å²) in [5.74, 6) is 0.417. The Kier molecular flexibility index (Phi) is 7.28. The molecule has 1 aromatic carbocycles. The molecule has 1 heterocycles. The van der Waals surface area contributed by atoms with Gasteiger partial charge in [-0.25, -0.2) is 4.79 Å². The number of carbonyl (C=O) groups is 2. The van der Waals surface area contributed by atoms with E-state index < -0.39 is 12.1 Å². The van der Waals surface area contributed by atoms with Crippen LogP contribution in [0.4, 0.5) is 0 Å². The highest BCUT2D eigenvalue weighted by molar-refractivity contribution is 8.15. The van der Waals surface area contributed by atoms with Crippen LogP contribution in [0.1, 0.15) is 19.4 Å². The van der Waals surface area contributed by atoms with Gasteiger partial charge in [-0.05, 0) is 19.9 Å². The first-order valence-electron chi connectivity index (χ1n) is 7.69. The normalized spacial score (nSPS) is 16.6. The predicted molar refractivity (Wildman–Crippen MR) is 100 cm³/mol. The number of nitrogens with one attached hydrogen (secondary N) is 1. The number of esters is 1. The lowest BCUT2D eigenvalue weighted by Crippen LogP contribution is -2.26. The second kappa shape index (κ2) is 9.44. The van der Waals surface area contributed by atoms with E-state index in [1.165, 1.54) is 31.2 Å². The highest BCUT2D eigenvalue weighted by Gasteiger charge is 2.19. The van der Waals surface area contributed by atoms with Crippen molar-refractivity contribution in [3.8, 4) is 11.5 Å². The van der Waals surface area contributed by atoms with Crippen LogP contribution in [0.2, 0.25) is 5.02 Å². The maximum absolute atomic E-state index is 11.7. The van der Waals surface area contributed by atoms with Crippen molar-refractivity contribution in [3.63, 3.8) is 0 Å². The summed E-state index contributed by atoms with van der Waals surface area (Å²) in [5, 5.41) is 11.1. The van der Waals surface area contributed by atoms with E-state index in [1.54, 1.807) is 19.9 Å². The Labute approximate surface area is 159 Å². The second-order valence-electron chi connectivity index (χ2n) is 5.02. The molecule has 1 aliphatic heterocycles. The standard InChI is InChI=1S/C16H18ClN3O5S/c1-4-24-15(22)9(2)25-13-6-11(17)10(5-12(13)23-3)7-18-20-16-19-14(21)8-26-16/h5-7,9H,4,8H2,1-3H3,(H,19,20,21). The van der Waals surface area contributed by atoms with Crippen molar-refractivity contribution >= 4 is 46.6 Å². The summed E-state index contributed by atoms with van der Waals surface area (Å²) in [6, 6.07) is 3.14. The Morgan fingerprint density at radius 1 is 1.46 bits per heavy atom. The number of benzene rings is 1. The van der Waals surface area contributed by atoms with Crippen LogP contribution in [-0.4, -0.2) is 48.8 Å². The molecule has 1 fully saturated rings. The quantitative estimate of drug-likeness (QED) is 0.429. The molecule has 1 aliphatic rings. The van der Waals surface area contributed by atoms with Gasteiger partial charge >= 0.3 is 5.97 Å². The fraction of sp³-hybridized carbons (Fsp3) is 0.375. The topological polar surface area (TPSA) is 98.6 Å². The highest BCUT2D eigenvalue weighted by Crippen LogP contribution is 2.33. The van der Waals surface area contributed by atoms with Crippen LogP contribution >= 0.6 is 23.4 Å². The van der Waals surface area contributed by atoms with Gasteiger partial charge in [0.15, 0.2) is 22.8 Å². The third kappa shape index (κ3) is 5.37. The molecule has 1 atom stereocenters. The van der Waals surface area contributed by atoms with Crippen LogP contribution in [-0.2, 0) is 14.3 Å². The number of hydrogen-bond donors (Lipinski definition) is 1. The fourth-order valence-corrected chi connectivity index (χ4v) is 2.76. The number of rotatable bonds is 7. The summed E-state index contributed by atoms with van der Waals surface area (Å²) >= 11 is 7.50. The molecule has 140 valence electrons. The first-order chi connectivity index (χ1) is 12.4. The number of amides is 1. The zero-order valence-electron chi connectivity index (χ0n) is 14.4. The van der Waals surface area contributed by atoms with Crippen LogP contribution in [0.25, 0.3) is 0 Å². The van der Waals surface area contributed by atoms with E-state index >= 15 is 0 Å². The lowest BCUT2D eigenvalue weighted by Gasteiger charge is -2.16. The van der Waals surface area contributed by atoms with Crippen molar-refractivity contribution in [2.75, 3.05) is 19.5 Å². The number of methoxy groups -OCH3 is 1. The molecule has 26 heavy (non-hydrogen) atoms. The lowest BCUT2D eigenvalue weighted by atomic mass is 10.2. The number of hydrogen-bond acceptors (Lipinski definition) is 8. The maximum atomic E-state index is 11.7. The summed E-state index contributed by atoms with van der Waals surface area (Å²) in [4.78, 5) is 22.8. The Bertz CT molecular complexity index is 754. The third-order valence-electron chi connectivity index (χ3n) is 3.14. The van der Waals surface area contributed by atoms with Gasteiger partial charge in [0.05, 0.1) is 30.7 Å². The number of nitrogens with zero attached hydrogens (tertiary/aromatic N) is 2. The van der Waals surface area contributed by atoms with Gasteiger partial charge in [0.25, 0.3) is 0 Å². The van der Waals surface area contributed by atoms with E-state index in [1.807, 2.05) is 0 Å². The zero-order valence-corrected chi connectivity index (χ0v) is 16.0. The molecule has 0 bridgehead atoms. The Morgan fingerprint density at radius 2 is 2.23 bits per heavy atom. The van der Waals surface area contributed by atoms with Crippen LogP contribution in [0.15, 0.2) is 22.3 Å². The van der Waals surface area contributed by atoms with Crippen molar-refractivity contribution < 1.29 is 23.8 Å². The summed E-state index contributed by atoms with van der Waals surface area (Å²) in [6.45, 7) is 3.56. The van der Waals surface area contributed by atoms with Gasteiger partial charge in [-0.3, -0.25) is 4.79 Å². The van der Waals surface area contributed by atoms with Gasteiger partial charge < -0.3 is 19.5 Å². The molecule has 2 rings (SSSR count). The molecular weight excluding hydrogens is 382 g/mol. The van der Waals surface area contributed by atoms with E-state index in [-0.39, 0.29) is 12.5 Å². The number of thioether (sulfide) groups is 1. The highest BCUT2D eigenvalue weighted by atomic mass is 35.5. The SMILES string of the molecule is CCOC(=O)C(C)Oc1cc(Cl)c(C=NN=C2NC(=O)CS2)cc1OC. The number of amidine groups is 1. The van der Waals surface area contributed by atoms with Crippen LogP contribution in [0, 0.1) is 0 Å². The lowest BCUT2D eigenvalue weighted by molar-refractivity contribution is -0.150. The van der Waals surface area contributed by atoms with Gasteiger partial charge in [0.1, 0.15) is 0 Å². The molecule has 0 radical (unpaired) electrons. The van der Waals surface area contributed by atoms with Crippen molar-refractivity contribution in [3.05, 3.63) is 22.7 Å². The first-order valence-corrected chi connectivity index (χ1v) is 9.05. The minimum Gasteiger partial charge on any atom is -0.493 e. The van der Waals surface area contributed by atoms with Gasteiger partial charge in [-0.1, -0.05) is 23.4 Å². The smallest absolute Gasteiger partial charge is 0.347 e. The van der Waals surface area contributed by atoms with E-state index in [0.717, 1.165) is 0 Å². The molecule has 1 N–H and O–H groups in total. The summed E-state index contributed by atoms with van der Waals surface area (Å²) in [5.41, 5.74) is 0.540. The maximum Gasteiger partial charge on any atom is 0.347 e. The van der Waals surface area contributed by atoms with Crippen molar-refractivity contribution in [2.45, 2.75) is 20.0 Å². The van der Waals surface area contributed by atoms with Crippen LogP contribution in [0.5, 0.6) is 11.5 Å². The molecule has 1 aromatic rings. The zero-order chi connectivity index (χ0) is 19.1. The summed E-state index contributed by atoms with van der Waals surface area (Å²) in [7, 11) is 1.47. The van der Waals surface area contributed by atoms with Crippen LogP contribution < -0.4 is 14.8 Å². The molecule has 0 spiro atoms. The molecule has 1 amide bonds. The van der Waals surface area contributed by atoms with Gasteiger partial charge in [-0.2, -0.15) is 5.10 Å². The largest absolute Gasteiger partial charge is 0.493 e. The summed E-state index contributed by atoms with van der Waals surface area (Å²) in [6.07, 6.45) is 0.621. The minimum absolute atomic E-state index is 0.110. The van der Waals surface area contributed by atoms with Crippen molar-refractivity contribution in [2.24, 2.45) is 10.2 Å².